The van der Waals surface area contributed by atoms with E-state index in [1.165, 1.54) is 6.07 Å². The summed E-state index contributed by atoms with van der Waals surface area (Å²) in [6.45, 7) is 4.56. The predicted molar refractivity (Wildman–Crippen MR) is 85.3 cm³/mol. The highest BCUT2D eigenvalue weighted by atomic mass is 16.3. The van der Waals surface area contributed by atoms with Gasteiger partial charge in [-0.25, -0.2) is 0 Å². The summed E-state index contributed by atoms with van der Waals surface area (Å²) in [6.07, 6.45) is 0.0949. The average molecular weight is 315 g/mol. The standard InChI is InChI=1S/C17H21N3O3/c1-10-5-14(21)3-4-15(10)17(23)20-8-12(16(22)9-20)7-13-6-11(2)18-19-13/h3-6,12,16,21-22H,7-9H2,1-2H3,(H,18,19)/t12-,16-/m1/s1. The zero-order valence-electron chi connectivity index (χ0n) is 13.3. The van der Waals surface area contributed by atoms with Crippen LogP contribution in [0.3, 0.4) is 0 Å². The Morgan fingerprint density at radius 3 is 2.78 bits per heavy atom. The molecule has 0 unspecified atom stereocenters. The summed E-state index contributed by atoms with van der Waals surface area (Å²) in [6, 6.07) is 6.67. The number of aliphatic hydroxyl groups is 1. The monoisotopic (exact) mass is 315 g/mol. The minimum Gasteiger partial charge on any atom is -0.508 e. The summed E-state index contributed by atoms with van der Waals surface area (Å²) in [5.74, 6) is 0.0219. The van der Waals surface area contributed by atoms with Crippen LogP contribution in [0.2, 0.25) is 0 Å². The van der Waals surface area contributed by atoms with E-state index >= 15 is 0 Å². The molecule has 23 heavy (non-hydrogen) atoms. The summed E-state index contributed by atoms with van der Waals surface area (Å²) in [5.41, 5.74) is 3.18. The number of aromatic nitrogens is 2. The number of aromatic hydroxyl groups is 1. The van der Waals surface area contributed by atoms with Crippen LogP contribution >= 0.6 is 0 Å². The lowest BCUT2D eigenvalue weighted by atomic mass is 10.00. The maximum absolute atomic E-state index is 12.6. The third kappa shape index (κ3) is 3.22. The van der Waals surface area contributed by atoms with E-state index in [-0.39, 0.29) is 17.6 Å². The number of nitrogens with zero attached hydrogens (tertiary/aromatic N) is 2. The first-order valence-corrected chi connectivity index (χ1v) is 7.72. The van der Waals surface area contributed by atoms with Crippen LogP contribution < -0.4 is 0 Å². The molecule has 122 valence electrons. The predicted octanol–water partition coefficient (Wildman–Crippen LogP) is 1.41. The number of aliphatic hydroxyl groups excluding tert-OH is 1. The summed E-state index contributed by atoms with van der Waals surface area (Å²) < 4.78 is 0. The van der Waals surface area contributed by atoms with Crippen LogP contribution in [-0.4, -0.2) is 50.4 Å². The first-order chi connectivity index (χ1) is 10.9. The minimum atomic E-state index is -0.548. The zero-order valence-corrected chi connectivity index (χ0v) is 13.3. The van der Waals surface area contributed by atoms with Gasteiger partial charge in [-0.3, -0.25) is 9.89 Å². The molecule has 3 rings (SSSR count). The molecule has 0 radical (unpaired) electrons. The molecule has 1 aliphatic rings. The van der Waals surface area contributed by atoms with Crippen LogP contribution in [0.25, 0.3) is 0 Å². The second-order valence-electron chi connectivity index (χ2n) is 6.28. The van der Waals surface area contributed by atoms with Crippen molar-refractivity contribution in [2.45, 2.75) is 26.4 Å². The lowest BCUT2D eigenvalue weighted by Crippen LogP contribution is -2.30. The molecule has 0 aliphatic carbocycles. The molecule has 6 nitrogen and oxygen atoms in total. The number of phenolic OH excluding ortho intramolecular Hbond substituents is 1. The Balaban J connectivity index is 1.71. The molecule has 1 aliphatic heterocycles. The third-order valence-electron chi connectivity index (χ3n) is 4.36. The second-order valence-corrected chi connectivity index (χ2v) is 6.28. The fraction of sp³-hybridized carbons (Fsp3) is 0.412. The van der Waals surface area contributed by atoms with Gasteiger partial charge in [-0.2, -0.15) is 5.10 Å². The first kappa shape index (κ1) is 15.6. The van der Waals surface area contributed by atoms with E-state index in [2.05, 4.69) is 10.2 Å². The van der Waals surface area contributed by atoms with Crippen LogP contribution in [0.15, 0.2) is 24.3 Å². The van der Waals surface area contributed by atoms with Crippen LogP contribution in [0.5, 0.6) is 5.75 Å². The first-order valence-electron chi connectivity index (χ1n) is 7.72. The van der Waals surface area contributed by atoms with Crippen molar-refractivity contribution in [2.24, 2.45) is 5.92 Å². The summed E-state index contributed by atoms with van der Waals surface area (Å²) in [5, 5.41) is 26.8. The smallest absolute Gasteiger partial charge is 0.254 e. The van der Waals surface area contributed by atoms with Gasteiger partial charge in [0.25, 0.3) is 5.91 Å². The van der Waals surface area contributed by atoms with Crippen LogP contribution in [-0.2, 0) is 6.42 Å². The van der Waals surface area contributed by atoms with E-state index in [9.17, 15) is 15.0 Å². The van der Waals surface area contributed by atoms with Gasteiger partial charge >= 0.3 is 0 Å². The molecule has 0 spiro atoms. The van der Waals surface area contributed by atoms with Crippen LogP contribution in [0.4, 0.5) is 0 Å². The highest BCUT2D eigenvalue weighted by Crippen LogP contribution is 2.24. The Morgan fingerprint density at radius 1 is 1.35 bits per heavy atom. The molecule has 1 aromatic carbocycles. The number of carbonyl (C=O) groups excluding carboxylic acids is 1. The Bertz CT molecular complexity index is 726. The molecule has 0 saturated carbocycles. The highest BCUT2D eigenvalue weighted by molar-refractivity contribution is 5.96. The number of benzene rings is 1. The molecule has 2 atom stereocenters. The zero-order chi connectivity index (χ0) is 16.6. The van der Waals surface area contributed by atoms with Gasteiger partial charge in [-0.1, -0.05) is 0 Å². The number of carbonyl (C=O) groups is 1. The number of amides is 1. The number of rotatable bonds is 3. The van der Waals surface area contributed by atoms with Crippen molar-refractivity contribution in [1.29, 1.82) is 0 Å². The van der Waals surface area contributed by atoms with E-state index in [4.69, 9.17) is 0 Å². The molecule has 6 heteroatoms. The lowest BCUT2D eigenvalue weighted by molar-refractivity contribution is 0.0764. The normalized spacial score (nSPS) is 20.9. The van der Waals surface area contributed by atoms with E-state index < -0.39 is 6.10 Å². The van der Waals surface area contributed by atoms with Crippen molar-refractivity contribution in [3.05, 3.63) is 46.8 Å². The molecule has 3 N–H and O–H groups in total. The largest absolute Gasteiger partial charge is 0.508 e. The molecule has 2 heterocycles. The number of aryl methyl sites for hydroxylation is 2. The number of H-pyrrole nitrogens is 1. The summed E-state index contributed by atoms with van der Waals surface area (Å²) >= 11 is 0. The third-order valence-corrected chi connectivity index (χ3v) is 4.36. The van der Waals surface area contributed by atoms with E-state index in [0.717, 1.165) is 17.0 Å². The van der Waals surface area contributed by atoms with Crippen molar-refractivity contribution < 1.29 is 15.0 Å². The molecule has 2 aromatic rings. The number of hydrogen-bond acceptors (Lipinski definition) is 4. The number of likely N-dealkylation sites (tertiary alicyclic amines) is 1. The van der Waals surface area contributed by atoms with E-state index in [0.29, 0.717) is 25.1 Å². The van der Waals surface area contributed by atoms with Crippen LogP contribution in [0, 0.1) is 19.8 Å². The van der Waals surface area contributed by atoms with Gasteiger partial charge in [0.05, 0.1) is 11.8 Å². The van der Waals surface area contributed by atoms with Crippen molar-refractivity contribution in [3.63, 3.8) is 0 Å². The Morgan fingerprint density at radius 2 is 2.13 bits per heavy atom. The number of nitrogens with one attached hydrogen (secondary N) is 1. The molecule has 0 bridgehead atoms. The Labute approximate surface area is 134 Å². The number of aromatic amines is 1. The molecule has 1 saturated heterocycles. The molecule has 1 amide bonds. The Hall–Kier alpha value is -2.34. The number of phenols is 1. The quantitative estimate of drug-likeness (QED) is 0.799. The fourth-order valence-corrected chi connectivity index (χ4v) is 3.13. The van der Waals surface area contributed by atoms with Crippen molar-refractivity contribution in [1.82, 2.24) is 15.1 Å². The van der Waals surface area contributed by atoms with Gasteiger partial charge in [0, 0.05) is 30.3 Å². The van der Waals surface area contributed by atoms with Gasteiger partial charge in [0.2, 0.25) is 0 Å². The van der Waals surface area contributed by atoms with E-state index in [1.54, 1.807) is 24.0 Å². The summed E-state index contributed by atoms with van der Waals surface area (Å²) in [4.78, 5) is 14.3. The van der Waals surface area contributed by atoms with Gasteiger partial charge in [0.15, 0.2) is 0 Å². The van der Waals surface area contributed by atoms with Gasteiger partial charge < -0.3 is 15.1 Å². The lowest BCUT2D eigenvalue weighted by Gasteiger charge is -2.17. The average Bonchev–Trinajstić information content (AvgIpc) is 3.05. The Kier molecular flexibility index (Phi) is 4.09. The van der Waals surface area contributed by atoms with Crippen LogP contribution in [0.1, 0.15) is 27.3 Å². The fourth-order valence-electron chi connectivity index (χ4n) is 3.13. The number of hydrogen-bond donors (Lipinski definition) is 3. The topological polar surface area (TPSA) is 89.5 Å². The van der Waals surface area contributed by atoms with Crippen molar-refractivity contribution >= 4 is 5.91 Å². The number of β-amino-alcohol motifs (C(OH)–C–C–N with tert-alkyl or cyclic N) is 1. The maximum Gasteiger partial charge on any atom is 0.254 e. The SMILES string of the molecule is Cc1cc(C[C@@H]2CN(C(=O)c3ccc(O)cc3C)C[C@H]2O)n[nH]1. The van der Waals surface area contributed by atoms with Gasteiger partial charge in [0.1, 0.15) is 5.75 Å². The van der Waals surface area contributed by atoms with E-state index in [1.807, 2.05) is 13.0 Å². The maximum atomic E-state index is 12.6. The van der Waals surface area contributed by atoms with Crippen molar-refractivity contribution in [2.75, 3.05) is 13.1 Å². The second kappa shape index (κ2) is 6.04. The summed E-state index contributed by atoms with van der Waals surface area (Å²) in [7, 11) is 0. The van der Waals surface area contributed by atoms with Crippen molar-refractivity contribution in [3.8, 4) is 5.75 Å². The highest BCUT2D eigenvalue weighted by Gasteiger charge is 2.35. The van der Waals surface area contributed by atoms with Gasteiger partial charge in [-0.15, -0.1) is 0 Å². The van der Waals surface area contributed by atoms with Gasteiger partial charge in [-0.05, 0) is 50.1 Å². The molecule has 1 aromatic heterocycles. The molecular formula is C17H21N3O3. The molecular weight excluding hydrogens is 294 g/mol. The minimum absolute atomic E-state index is 0.0147. The molecule has 1 fully saturated rings.